The molecule has 0 aromatic carbocycles. The number of nitrogens with one attached hydrogen (secondary N) is 1. The second-order valence-electron chi connectivity index (χ2n) is 4.77. The van der Waals surface area contributed by atoms with Crippen LogP contribution in [0.2, 0.25) is 5.02 Å². The first-order valence-electron chi connectivity index (χ1n) is 5.06. The molecule has 17 heavy (non-hydrogen) atoms. The van der Waals surface area contributed by atoms with Gasteiger partial charge in [0.2, 0.25) is 0 Å². The Balaban J connectivity index is 2.90. The number of nitrogens with zero attached hydrogens (tertiary/aromatic N) is 1. The summed E-state index contributed by atoms with van der Waals surface area (Å²) >= 11 is 5.96. The minimum Gasteiger partial charge on any atom is -0.361 e. The molecular formula is C11H14ClF3N2. The van der Waals surface area contributed by atoms with Crippen LogP contribution in [0.5, 0.6) is 0 Å². The van der Waals surface area contributed by atoms with Gasteiger partial charge in [-0.25, -0.2) is 4.98 Å². The van der Waals surface area contributed by atoms with Gasteiger partial charge in [-0.3, -0.25) is 0 Å². The normalized spacial score (nSPS) is 12.6. The van der Waals surface area contributed by atoms with Crippen LogP contribution in [0.1, 0.15) is 26.3 Å². The molecule has 1 aromatic heterocycles. The van der Waals surface area contributed by atoms with Gasteiger partial charge < -0.3 is 5.32 Å². The summed E-state index contributed by atoms with van der Waals surface area (Å²) in [6.45, 7) is 4.69. The maximum absolute atomic E-state index is 12.0. The van der Waals surface area contributed by atoms with Gasteiger partial charge in [0.1, 0.15) is 12.4 Å². The maximum Gasteiger partial charge on any atom is 0.405 e. The molecule has 96 valence electrons. The van der Waals surface area contributed by atoms with Crippen molar-refractivity contribution in [2.24, 2.45) is 0 Å². The maximum atomic E-state index is 12.0. The smallest absolute Gasteiger partial charge is 0.361 e. The van der Waals surface area contributed by atoms with Crippen molar-refractivity contribution in [2.45, 2.75) is 32.4 Å². The Morgan fingerprint density at radius 3 is 2.35 bits per heavy atom. The minimum atomic E-state index is -4.26. The third-order valence-electron chi connectivity index (χ3n) is 2.13. The van der Waals surface area contributed by atoms with Crippen molar-refractivity contribution in [1.29, 1.82) is 0 Å². The van der Waals surface area contributed by atoms with Crippen LogP contribution in [0, 0.1) is 0 Å². The molecule has 1 heterocycles. The summed E-state index contributed by atoms with van der Waals surface area (Å²) in [6, 6.07) is 1.55. The molecule has 0 fully saturated rings. The average Bonchev–Trinajstić information content (AvgIpc) is 2.13. The number of pyridine rings is 1. The molecule has 0 spiro atoms. The number of hydrogen-bond donors (Lipinski definition) is 1. The summed E-state index contributed by atoms with van der Waals surface area (Å²) in [7, 11) is 0. The first kappa shape index (κ1) is 14.1. The predicted molar refractivity (Wildman–Crippen MR) is 62.5 cm³/mol. The zero-order valence-corrected chi connectivity index (χ0v) is 10.6. The van der Waals surface area contributed by atoms with Crippen LogP contribution in [-0.4, -0.2) is 17.7 Å². The molecule has 0 radical (unpaired) electrons. The van der Waals surface area contributed by atoms with E-state index in [9.17, 15) is 13.2 Å². The summed E-state index contributed by atoms with van der Waals surface area (Å²) in [5.41, 5.74) is 0.521. The molecule has 1 aromatic rings. The van der Waals surface area contributed by atoms with Crippen LogP contribution >= 0.6 is 11.6 Å². The van der Waals surface area contributed by atoms with Crippen LogP contribution in [0.3, 0.4) is 0 Å². The van der Waals surface area contributed by atoms with Gasteiger partial charge in [-0.2, -0.15) is 13.2 Å². The van der Waals surface area contributed by atoms with Gasteiger partial charge in [0.05, 0.1) is 5.02 Å². The van der Waals surface area contributed by atoms with E-state index < -0.39 is 12.7 Å². The number of halogens is 4. The van der Waals surface area contributed by atoms with Gasteiger partial charge in [-0.1, -0.05) is 32.4 Å². The number of aromatic nitrogens is 1. The first-order valence-corrected chi connectivity index (χ1v) is 5.44. The highest BCUT2D eigenvalue weighted by Gasteiger charge is 2.27. The van der Waals surface area contributed by atoms with E-state index in [-0.39, 0.29) is 11.2 Å². The van der Waals surface area contributed by atoms with E-state index in [4.69, 9.17) is 11.6 Å². The van der Waals surface area contributed by atoms with Gasteiger partial charge in [0, 0.05) is 6.20 Å². The molecule has 0 aliphatic heterocycles. The largest absolute Gasteiger partial charge is 0.405 e. The van der Waals surface area contributed by atoms with Crippen LogP contribution in [0.15, 0.2) is 12.3 Å². The second-order valence-corrected chi connectivity index (χ2v) is 5.18. The van der Waals surface area contributed by atoms with Gasteiger partial charge in [-0.15, -0.1) is 0 Å². The third kappa shape index (κ3) is 4.42. The number of hydrogen-bond acceptors (Lipinski definition) is 2. The van der Waals surface area contributed by atoms with Crippen LogP contribution in [-0.2, 0) is 5.41 Å². The summed E-state index contributed by atoms with van der Waals surface area (Å²) in [5, 5.41) is 2.68. The lowest BCUT2D eigenvalue weighted by Crippen LogP contribution is -2.22. The van der Waals surface area contributed by atoms with Crippen LogP contribution in [0.4, 0.5) is 19.0 Å². The van der Waals surface area contributed by atoms with E-state index in [0.29, 0.717) is 5.02 Å². The molecular weight excluding hydrogens is 253 g/mol. The Hall–Kier alpha value is -0.970. The fourth-order valence-electron chi connectivity index (χ4n) is 1.30. The van der Waals surface area contributed by atoms with E-state index in [1.54, 1.807) is 6.07 Å². The Labute approximate surface area is 103 Å². The summed E-state index contributed by atoms with van der Waals surface area (Å²) < 4.78 is 36.1. The van der Waals surface area contributed by atoms with E-state index in [2.05, 4.69) is 10.3 Å². The fourth-order valence-corrected chi connectivity index (χ4v) is 1.69. The summed E-state index contributed by atoms with van der Waals surface area (Å²) in [4.78, 5) is 3.81. The molecule has 1 N–H and O–H groups in total. The fraction of sp³-hybridized carbons (Fsp3) is 0.545. The lowest BCUT2D eigenvalue weighted by Gasteiger charge is -2.21. The van der Waals surface area contributed by atoms with Gasteiger partial charge in [0.25, 0.3) is 0 Å². The van der Waals surface area contributed by atoms with Gasteiger partial charge in [-0.05, 0) is 17.0 Å². The van der Waals surface area contributed by atoms with Crippen molar-refractivity contribution in [3.8, 4) is 0 Å². The summed E-state index contributed by atoms with van der Waals surface area (Å²) in [6.07, 6.45) is -2.90. The highest BCUT2D eigenvalue weighted by atomic mass is 35.5. The van der Waals surface area contributed by atoms with Crippen LogP contribution < -0.4 is 5.32 Å². The molecule has 0 aliphatic carbocycles. The molecule has 0 saturated carbocycles. The third-order valence-corrected chi connectivity index (χ3v) is 2.43. The Bertz CT molecular complexity index is 397. The molecule has 0 amide bonds. The standard InChI is InChI=1S/C11H14ClF3N2/c1-10(2,3)7-4-9(16-5-8(7)12)17-6-11(13,14)15/h4-5H,6H2,1-3H3,(H,16,17). The molecule has 0 unspecified atom stereocenters. The van der Waals surface area contributed by atoms with E-state index in [1.165, 1.54) is 6.20 Å². The molecule has 0 aliphatic rings. The van der Waals surface area contributed by atoms with Crippen LogP contribution in [0.25, 0.3) is 0 Å². The lowest BCUT2D eigenvalue weighted by atomic mass is 9.87. The van der Waals surface area contributed by atoms with Crippen molar-refractivity contribution in [1.82, 2.24) is 4.98 Å². The summed E-state index contributed by atoms with van der Waals surface area (Å²) in [5.74, 6) is 0.177. The van der Waals surface area contributed by atoms with Crippen molar-refractivity contribution < 1.29 is 13.2 Å². The topological polar surface area (TPSA) is 24.9 Å². The second kappa shape index (κ2) is 4.72. The Kier molecular flexibility index (Phi) is 3.91. The zero-order chi connectivity index (χ0) is 13.3. The van der Waals surface area contributed by atoms with Gasteiger partial charge >= 0.3 is 6.18 Å². The van der Waals surface area contributed by atoms with E-state index in [0.717, 1.165) is 5.56 Å². The van der Waals surface area contributed by atoms with Crippen molar-refractivity contribution in [3.63, 3.8) is 0 Å². The molecule has 6 heteroatoms. The Morgan fingerprint density at radius 2 is 1.88 bits per heavy atom. The zero-order valence-electron chi connectivity index (χ0n) is 9.82. The lowest BCUT2D eigenvalue weighted by molar-refractivity contribution is -0.115. The molecule has 0 saturated heterocycles. The first-order chi connectivity index (χ1) is 7.59. The quantitative estimate of drug-likeness (QED) is 0.875. The molecule has 0 bridgehead atoms. The predicted octanol–water partition coefficient (Wildman–Crippen LogP) is 4.01. The molecule has 1 rings (SSSR count). The van der Waals surface area contributed by atoms with Gasteiger partial charge in [0.15, 0.2) is 0 Å². The van der Waals surface area contributed by atoms with Crippen molar-refractivity contribution >= 4 is 17.4 Å². The SMILES string of the molecule is CC(C)(C)c1cc(NCC(F)(F)F)ncc1Cl. The van der Waals surface area contributed by atoms with E-state index in [1.807, 2.05) is 20.8 Å². The number of rotatable bonds is 2. The number of anilines is 1. The molecule has 2 nitrogen and oxygen atoms in total. The monoisotopic (exact) mass is 266 g/mol. The number of alkyl halides is 3. The highest BCUT2D eigenvalue weighted by molar-refractivity contribution is 6.31. The minimum absolute atomic E-state index is 0.177. The Morgan fingerprint density at radius 1 is 1.29 bits per heavy atom. The molecule has 0 atom stereocenters. The highest BCUT2D eigenvalue weighted by Crippen LogP contribution is 2.30. The van der Waals surface area contributed by atoms with E-state index >= 15 is 0 Å². The van der Waals surface area contributed by atoms with Crippen molar-refractivity contribution in [2.75, 3.05) is 11.9 Å². The van der Waals surface area contributed by atoms with Crippen molar-refractivity contribution in [3.05, 3.63) is 22.8 Å². The average molecular weight is 267 g/mol.